The van der Waals surface area contributed by atoms with Crippen molar-refractivity contribution in [1.29, 1.82) is 0 Å². The van der Waals surface area contributed by atoms with Gasteiger partial charge in [0, 0.05) is 12.1 Å². The Morgan fingerprint density at radius 1 is 1.27 bits per heavy atom. The molecular formula is C16H18N4O2. The van der Waals surface area contributed by atoms with Crippen molar-refractivity contribution in [2.75, 3.05) is 19.0 Å². The number of methoxy groups -OCH3 is 1. The molecule has 0 spiro atoms. The Bertz CT molecular complexity index is 798. The number of aromatic hydroxyl groups is 1. The van der Waals surface area contributed by atoms with Crippen LogP contribution in [0.2, 0.25) is 0 Å². The van der Waals surface area contributed by atoms with Gasteiger partial charge in [-0.1, -0.05) is 6.92 Å². The molecule has 3 rings (SSSR count). The van der Waals surface area contributed by atoms with Crippen molar-refractivity contribution in [3.05, 3.63) is 36.5 Å². The van der Waals surface area contributed by atoms with Gasteiger partial charge in [-0.15, -0.1) is 5.10 Å². The van der Waals surface area contributed by atoms with Gasteiger partial charge in [-0.3, -0.25) is 0 Å². The quantitative estimate of drug-likeness (QED) is 0.757. The predicted molar refractivity (Wildman–Crippen MR) is 85.4 cm³/mol. The van der Waals surface area contributed by atoms with Crippen LogP contribution in [0, 0.1) is 0 Å². The average molecular weight is 298 g/mol. The monoisotopic (exact) mass is 298 g/mol. The number of benzene rings is 1. The van der Waals surface area contributed by atoms with Crippen molar-refractivity contribution in [2.45, 2.75) is 13.3 Å². The lowest BCUT2D eigenvalue weighted by atomic mass is 10.1. The highest BCUT2D eigenvalue weighted by Gasteiger charge is 2.10. The average Bonchev–Trinajstić information content (AvgIpc) is 2.96. The molecule has 2 heterocycles. The first-order valence-electron chi connectivity index (χ1n) is 7.19. The molecular weight excluding hydrogens is 280 g/mol. The van der Waals surface area contributed by atoms with Crippen molar-refractivity contribution in [3.63, 3.8) is 0 Å². The fraction of sp³-hybridized carbons (Fsp3) is 0.250. The molecule has 114 valence electrons. The van der Waals surface area contributed by atoms with Crippen LogP contribution in [0.1, 0.15) is 13.3 Å². The Hall–Kier alpha value is -2.76. The van der Waals surface area contributed by atoms with Crippen molar-refractivity contribution in [2.24, 2.45) is 0 Å². The van der Waals surface area contributed by atoms with Crippen molar-refractivity contribution in [1.82, 2.24) is 14.6 Å². The number of hydrogen-bond donors (Lipinski definition) is 2. The number of nitrogens with one attached hydrogen (secondary N) is 1. The topological polar surface area (TPSA) is 71.7 Å². The summed E-state index contributed by atoms with van der Waals surface area (Å²) in [6.45, 7) is 2.98. The summed E-state index contributed by atoms with van der Waals surface area (Å²) in [6.07, 6.45) is 2.80. The highest BCUT2D eigenvalue weighted by Crippen LogP contribution is 2.31. The minimum atomic E-state index is 0.110. The fourth-order valence-electron chi connectivity index (χ4n) is 2.25. The number of anilines is 1. The number of nitrogens with zero attached hydrogens (tertiary/aromatic N) is 3. The zero-order chi connectivity index (χ0) is 15.5. The summed E-state index contributed by atoms with van der Waals surface area (Å²) in [5.74, 6) is 1.34. The number of hydrogen-bond acceptors (Lipinski definition) is 5. The lowest BCUT2D eigenvalue weighted by Gasteiger charge is -2.08. The Kier molecular flexibility index (Phi) is 3.82. The van der Waals surface area contributed by atoms with Crippen molar-refractivity contribution in [3.8, 4) is 22.8 Å². The molecule has 0 unspecified atom stereocenters. The zero-order valence-corrected chi connectivity index (χ0v) is 12.6. The summed E-state index contributed by atoms with van der Waals surface area (Å²) in [4.78, 5) is 4.36. The smallest absolute Gasteiger partial charge is 0.161 e. The molecule has 0 amide bonds. The van der Waals surface area contributed by atoms with Gasteiger partial charge in [0.2, 0.25) is 0 Å². The Morgan fingerprint density at radius 2 is 2.14 bits per heavy atom. The zero-order valence-electron chi connectivity index (χ0n) is 12.6. The van der Waals surface area contributed by atoms with E-state index in [2.05, 4.69) is 22.3 Å². The van der Waals surface area contributed by atoms with E-state index >= 15 is 0 Å². The maximum absolute atomic E-state index is 9.71. The minimum absolute atomic E-state index is 0.110. The van der Waals surface area contributed by atoms with E-state index in [0.29, 0.717) is 5.75 Å². The van der Waals surface area contributed by atoms with Crippen LogP contribution >= 0.6 is 0 Å². The molecule has 0 aliphatic heterocycles. The first-order valence-corrected chi connectivity index (χ1v) is 7.19. The molecule has 6 heteroatoms. The Morgan fingerprint density at radius 3 is 2.91 bits per heavy atom. The van der Waals surface area contributed by atoms with Gasteiger partial charge in [-0.2, -0.15) is 0 Å². The molecule has 0 bridgehead atoms. The van der Waals surface area contributed by atoms with E-state index in [9.17, 15) is 5.11 Å². The molecule has 6 nitrogen and oxygen atoms in total. The van der Waals surface area contributed by atoms with Gasteiger partial charge in [0.05, 0.1) is 19.0 Å². The first kappa shape index (κ1) is 14.2. The van der Waals surface area contributed by atoms with E-state index in [-0.39, 0.29) is 5.75 Å². The first-order chi connectivity index (χ1) is 10.7. The molecule has 0 atom stereocenters. The van der Waals surface area contributed by atoms with E-state index in [1.54, 1.807) is 22.8 Å². The van der Waals surface area contributed by atoms with Crippen LogP contribution in [0.25, 0.3) is 16.9 Å². The lowest BCUT2D eigenvalue weighted by molar-refractivity contribution is 0.373. The fourth-order valence-corrected chi connectivity index (χ4v) is 2.25. The summed E-state index contributed by atoms with van der Waals surface area (Å²) in [6, 6.07) is 9.03. The van der Waals surface area contributed by atoms with Gasteiger partial charge in [0.25, 0.3) is 0 Å². The largest absolute Gasteiger partial charge is 0.504 e. The summed E-state index contributed by atoms with van der Waals surface area (Å²) in [5.41, 5.74) is 2.49. The molecule has 0 saturated carbocycles. The van der Waals surface area contributed by atoms with Crippen LogP contribution in [0.4, 0.5) is 5.82 Å². The number of imidazole rings is 1. The number of fused-ring (bicyclic) bond motifs is 1. The molecule has 0 saturated heterocycles. The molecule has 0 aliphatic rings. The number of phenols is 1. The second-order valence-electron chi connectivity index (χ2n) is 4.95. The van der Waals surface area contributed by atoms with Gasteiger partial charge in [0.15, 0.2) is 17.1 Å². The third kappa shape index (κ3) is 2.55. The van der Waals surface area contributed by atoms with E-state index < -0.39 is 0 Å². The standard InChI is InChI=1S/C16H18N4O2/c1-3-8-17-15-6-7-16-18-10-12(20(16)19-15)11-4-5-13(21)14(9-11)22-2/h4-7,9-10,21H,3,8H2,1-2H3,(H,17,19). The number of rotatable bonds is 5. The molecule has 0 fully saturated rings. The van der Waals surface area contributed by atoms with Crippen LogP contribution in [0.5, 0.6) is 11.5 Å². The molecule has 3 aromatic rings. The summed E-state index contributed by atoms with van der Waals surface area (Å²) in [5, 5.41) is 17.5. The highest BCUT2D eigenvalue weighted by molar-refractivity contribution is 5.66. The third-order valence-electron chi connectivity index (χ3n) is 3.39. The maximum atomic E-state index is 9.71. The van der Waals surface area contributed by atoms with Gasteiger partial charge in [-0.05, 0) is 36.8 Å². The molecule has 1 aromatic carbocycles. The van der Waals surface area contributed by atoms with Crippen LogP contribution in [-0.2, 0) is 0 Å². The van der Waals surface area contributed by atoms with E-state index in [4.69, 9.17) is 4.74 Å². The molecule has 0 radical (unpaired) electrons. The summed E-state index contributed by atoms with van der Waals surface area (Å²) in [7, 11) is 1.53. The number of phenolic OH excluding ortho intramolecular Hbond substituents is 1. The normalized spacial score (nSPS) is 10.8. The van der Waals surface area contributed by atoms with Crippen molar-refractivity contribution >= 4 is 11.5 Å². The highest BCUT2D eigenvalue weighted by atomic mass is 16.5. The molecule has 2 aromatic heterocycles. The van der Waals surface area contributed by atoms with Gasteiger partial charge in [0.1, 0.15) is 5.82 Å². The van der Waals surface area contributed by atoms with E-state index in [0.717, 1.165) is 35.7 Å². The lowest BCUT2D eigenvalue weighted by Crippen LogP contribution is -2.05. The maximum Gasteiger partial charge on any atom is 0.161 e. The summed E-state index contributed by atoms with van der Waals surface area (Å²) < 4.78 is 6.94. The number of ether oxygens (including phenoxy) is 1. The van der Waals surface area contributed by atoms with Crippen molar-refractivity contribution < 1.29 is 9.84 Å². The third-order valence-corrected chi connectivity index (χ3v) is 3.39. The van der Waals surface area contributed by atoms with Crippen LogP contribution < -0.4 is 10.1 Å². The Balaban J connectivity index is 2.06. The summed E-state index contributed by atoms with van der Waals surface area (Å²) >= 11 is 0. The van der Waals surface area contributed by atoms with Gasteiger partial charge < -0.3 is 15.2 Å². The SMILES string of the molecule is CCCNc1ccc2ncc(-c3ccc(O)c(OC)c3)n2n1. The molecule has 22 heavy (non-hydrogen) atoms. The van der Waals surface area contributed by atoms with E-state index in [1.165, 1.54) is 7.11 Å². The van der Waals surface area contributed by atoms with Crippen LogP contribution in [0.15, 0.2) is 36.5 Å². The van der Waals surface area contributed by atoms with Crippen LogP contribution in [0.3, 0.4) is 0 Å². The second kappa shape index (κ2) is 5.93. The van der Waals surface area contributed by atoms with Gasteiger partial charge >= 0.3 is 0 Å². The van der Waals surface area contributed by atoms with E-state index in [1.807, 2.05) is 18.2 Å². The second-order valence-corrected chi connectivity index (χ2v) is 4.95. The molecule has 0 aliphatic carbocycles. The van der Waals surface area contributed by atoms with Gasteiger partial charge in [-0.25, -0.2) is 9.50 Å². The van der Waals surface area contributed by atoms with Crippen LogP contribution in [-0.4, -0.2) is 33.4 Å². The minimum Gasteiger partial charge on any atom is -0.504 e. The molecule has 2 N–H and O–H groups in total. The predicted octanol–water partition coefficient (Wildman–Crippen LogP) is 2.93. The Labute approximate surface area is 128 Å². The number of aromatic nitrogens is 3.